The average Bonchev–Trinajstić information content (AvgIpc) is 3.53. The van der Waals surface area contributed by atoms with Gasteiger partial charge in [0.25, 0.3) is 0 Å². The Hall–Kier alpha value is -6.00. The molecule has 6 aromatic carbocycles. The number of nitrogens with zero attached hydrogens (tertiary/aromatic N) is 2. The van der Waals surface area contributed by atoms with Crippen LogP contribution in [-0.4, -0.2) is 11.7 Å². The summed E-state index contributed by atoms with van der Waals surface area (Å²) in [5.41, 5.74) is 8.54. The van der Waals surface area contributed by atoms with Crippen LogP contribution in [0.2, 0.25) is 0 Å². The molecule has 47 heavy (non-hydrogen) atoms. The number of allylic oxidation sites excluding steroid dienone is 3. The maximum Gasteiger partial charge on any atom is 0.169 e. The molecule has 224 valence electrons. The van der Waals surface area contributed by atoms with E-state index in [4.69, 9.17) is 14.4 Å². The van der Waals surface area contributed by atoms with Gasteiger partial charge in [0.15, 0.2) is 6.17 Å². The van der Waals surface area contributed by atoms with E-state index < -0.39 is 0 Å². The first-order chi connectivity index (χ1) is 23.3. The minimum Gasteiger partial charge on any atom is -0.456 e. The van der Waals surface area contributed by atoms with Crippen LogP contribution >= 0.6 is 0 Å². The second-order valence-electron chi connectivity index (χ2n) is 12.2. The molecule has 4 heteroatoms. The molecule has 0 fully saturated rings. The quantitative estimate of drug-likeness (QED) is 0.212. The fourth-order valence-electron chi connectivity index (χ4n) is 6.80. The topological polar surface area (TPSA) is 49.9 Å². The molecule has 0 radical (unpaired) electrons. The standard InChI is InChI=1S/C43H31N3O/c1-4-11-28(12-5-1)32-23-24-37-39(27-32)47-38-18-10-17-36(40(37)38)33-21-19-29-20-22-34(26-35(29)25-33)43-45-41(30-13-6-2-7-14-30)44-42(46-43)31-15-8-3-9-16-31/h1-15,17-27,31,41H,16H2,(H,44,45,46). The zero-order valence-electron chi connectivity index (χ0n) is 25.7. The van der Waals surface area contributed by atoms with E-state index >= 15 is 0 Å². The summed E-state index contributed by atoms with van der Waals surface area (Å²) in [4.78, 5) is 10.2. The van der Waals surface area contributed by atoms with E-state index in [1.165, 1.54) is 10.9 Å². The molecule has 0 spiro atoms. The fraction of sp³-hybridized carbons (Fsp3) is 0.0698. The molecular formula is C43H31N3O. The van der Waals surface area contributed by atoms with Gasteiger partial charge >= 0.3 is 0 Å². The second kappa shape index (κ2) is 11.4. The number of furan rings is 1. The number of aliphatic imine (C=N–C) groups is 2. The van der Waals surface area contributed by atoms with E-state index in [9.17, 15) is 0 Å². The first-order valence-electron chi connectivity index (χ1n) is 16.1. The molecule has 0 saturated heterocycles. The minimum atomic E-state index is -0.293. The maximum absolute atomic E-state index is 6.43. The molecule has 2 aliphatic rings. The van der Waals surface area contributed by atoms with Gasteiger partial charge in [-0.2, -0.15) is 0 Å². The number of benzene rings is 6. The highest BCUT2D eigenvalue weighted by atomic mass is 16.3. The molecule has 2 heterocycles. The van der Waals surface area contributed by atoms with Gasteiger partial charge in [0.1, 0.15) is 22.8 Å². The molecule has 2 atom stereocenters. The van der Waals surface area contributed by atoms with Crippen LogP contribution < -0.4 is 5.32 Å². The Morgan fingerprint density at radius 3 is 2.21 bits per heavy atom. The summed E-state index contributed by atoms with van der Waals surface area (Å²) in [5.74, 6) is 1.99. The Balaban J connectivity index is 1.12. The van der Waals surface area contributed by atoms with Gasteiger partial charge in [0.05, 0.1) is 0 Å². The molecule has 0 bridgehead atoms. The first-order valence-corrected chi connectivity index (χ1v) is 16.1. The molecule has 1 N–H and O–H groups in total. The largest absolute Gasteiger partial charge is 0.456 e. The summed E-state index contributed by atoms with van der Waals surface area (Å²) in [6.07, 6.45) is 9.23. The van der Waals surface area contributed by atoms with E-state index in [1.54, 1.807) is 0 Å². The van der Waals surface area contributed by atoms with Crippen LogP contribution in [0.5, 0.6) is 0 Å². The van der Waals surface area contributed by atoms with Crippen molar-refractivity contribution in [2.24, 2.45) is 15.9 Å². The van der Waals surface area contributed by atoms with Gasteiger partial charge in [-0.05, 0) is 75.3 Å². The lowest BCUT2D eigenvalue weighted by atomic mass is 9.95. The Morgan fingerprint density at radius 1 is 0.596 bits per heavy atom. The fourth-order valence-corrected chi connectivity index (χ4v) is 6.80. The molecular weight excluding hydrogens is 574 g/mol. The number of fused-ring (bicyclic) bond motifs is 4. The summed E-state index contributed by atoms with van der Waals surface area (Å²) < 4.78 is 6.43. The lowest BCUT2D eigenvalue weighted by molar-refractivity contribution is 0.669. The number of nitrogens with one attached hydrogen (secondary N) is 1. The van der Waals surface area contributed by atoms with Crippen molar-refractivity contribution in [1.82, 2.24) is 5.32 Å². The molecule has 1 aromatic heterocycles. The molecule has 1 aliphatic heterocycles. The molecule has 7 aromatic rings. The van der Waals surface area contributed by atoms with Crippen LogP contribution in [0.25, 0.3) is 55.0 Å². The van der Waals surface area contributed by atoms with Gasteiger partial charge in [0.2, 0.25) is 0 Å². The first kappa shape index (κ1) is 27.3. The van der Waals surface area contributed by atoms with Crippen molar-refractivity contribution in [3.8, 4) is 22.3 Å². The van der Waals surface area contributed by atoms with Crippen molar-refractivity contribution in [2.75, 3.05) is 0 Å². The van der Waals surface area contributed by atoms with Crippen molar-refractivity contribution in [2.45, 2.75) is 12.6 Å². The highest BCUT2D eigenvalue weighted by molar-refractivity contribution is 6.15. The van der Waals surface area contributed by atoms with Crippen molar-refractivity contribution >= 4 is 44.4 Å². The van der Waals surface area contributed by atoms with E-state index in [2.05, 4.69) is 151 Å². The normalized spacial score (nSPS) is 17.5. The van der Waals surface area contributed by atoms with E-state index in [-0.39, 0.29) is 12.1 Å². The number of hydrogen-bond acceptors (Lipinski definition) is 4. The zero-order chi connectivity index (χ0) is 31.2. The van der Waals surface area contributed by atoms with Crippen LogP contribution in [0.3, 0.4) is 0 Å². The SMILES string of the molecule is C1=CCC(C2=NC(c3ccccc3)N=C(c3ccc4ccc(-c5cccc6oc7cc(-c8ccccc8)ccc7c56)cc4c3)N2)C=C1. The van der Waals surface area contributed by atoms with E-state index in [1.807, 2.05) is 12.1 Å². The smallest absolute Gasteiger partial charge is 0.169 e. The summed E-state index contributed by atoms with van der Waals surface area (Å²) >= 11 is 0. The Kier molecular flexibility index (Phi) is 6.64. The number of amidine groups is 2. The minimum absolute atomic E-state index is 0.192. The van der Waals surface area contributed by atoms with Crippen molar-refractivity contribution in [3.05, 3.63) is 169 Å². The summed E-state index contributed by atoms with van der Waals surface area (Å²) in [6.45, 7) is 0. The summed E-state index contributed by atoms with van der Waals surface area (Å²) in [6, 6.07) is 46.9. The Morgan fingerprint density at radius 2 is 1.38 bits per heavy atom. The van der Waals surface area contributed by atoms with E-state index in [0.717, 1.165) is 73.2 Å². The summed E-state index contributed by atoms with van der Waals surface area (Å²) in [7, 11) is 0. The third kappa shape index (κ3) is 5.04. The molecule has 0 saturated carbocycles. The predicted molar refractivity (Wildman–Crippen MR) is 195 cm³/mol. The highest BCUT2D eigenvalue weighted by Gasteiger charge is 2.24. The Bertz CT molecular complexity index is 2420. The third-order valence-electron chi connectivity index (χ3n) is 9.22. The lowest BCUT2D eigenvalue weighted by Gasteiger charge is -2.26. The molecule has 1 aliphatic carbocycles. The molecule has 4 nitrogen and oxygen atoms in total. The average molecular weight is 606 g/mol. The van der Waals surface area contributed by atoms with Crippen molar-refractivity contribution < 1.29 is 4.42 Å². The van der Waals surface area contributed by atoms with Gasteiger partial charge in [-0.25, -0.2) is 9.98 Å². The molecule has 9 rings (SSSR count). The van der Waals surface area contributed by atoms with Gasteiger partial charge in [-0.15, -0.1) is 0 Å². The monoisotopic (exact) mass is 605 g/mol. The van der Waals surface area contributed by atoms with Crippen LogP contribution in [-0.2, 0) is 0 Å². The Labute approximate surface area is 273 Å². The highest BCUT2D eigenvalue weighted by Crippen LogP contribution is 2.39. The van der Waals surface area contributed by atoms with Crippen molar-refractivity contribution in [1.29, 1.82) is 0 Å². The number of rotatable bonds is 5. The number of hydrogen-bond donors (Lipinski definition) is 1. The van der Waals surface area contributed by atoms with Gasteiger partial charge < -0.3 is 9.73 Å². The van der Waals surface area contributed by atoms with Crippen LogP contribution in [0.4, 0.5) is 0 Å². The van der Waals surface area contributed by atoms with Crippen LogP contribution in [0.1, 0.15) is 23.7 Å². The van der Waals surface area contributed by atoms with E-state index in [0.29, 0.717) is 0 Å². The van der Waals surface area contributed by atoms with Gasteiger partial charge in [0, 0.05) is 22.3 Å². The maximum atomic E-state index is 6.43. The summed E-state index contributed by atoms with van der Waals surface area (Å²) in [5, 5.41) is 8.20. The van der Waals surface area contributed by atoms with Crippen molar-refractivity contribution in [3.63, 3.8) is 0 Å². The third-order valence-corrected chi connectivity index (χ3v) is 9.22. The van der Waals surface area contributed by atoms with Gasteiger partial charge in [-0.3, -0.25) is 0 Å². The van der Waals surface area contributed by atoms with Crippen LogP contribution in [0.15, 0.2) is 172 Å². The van der Waals surface area contributed by atoms with Crippen LogP contribution in [0, 0.1) is 5.92 Å². The van der Waals surface area contributed by atoms with Gasteiger partial charge in [-0.1, -0.05) is 127 Å². The molecule has 2 unspecified atom stereocenters. The second-order valence-corrected chi connectivity index (χ2v) is 12.2. The molecule has 0 amide bonds. The lowest BCUT2D eigenvalue weighted by Crippen LogP contribution is -2.39. The predicted octanol–water partition coefficient (Wildman–Crippen LogP) is 10.7. The zero-order valence-corrected chi connectivity index (χ0v) is 25.7.